The maximum Gasteiger partial charge on any atom is 0.240 e. The van der Waals surface area contributed by atoms with Crippen LogP contribution in [0.4, 0.5) is 0 Å². The van der Waals surface area contributed by atoms with E-state index in [0.717, 1.165) is 25.8 Å². The van der Waals surface area contributed by atoms with E-state index in [2.05, 4.69) is 6.92 Å². The fourth-order valence-corrected chi connectivity index (χ4v) is 1.91. The van der Waals surface area contributed by atoms with Crippen molar-refractivity contribution in [3.63, 3.8) is 0 Å². The minimum Gasteiger partial charge on any atom is -0.339 e. The van der Waals surface area contributed by atoms with Crippen LogP contribution in [0.2, 0.25) is 0 Å². The molecule has 2 atom stereocenters. The molecule has 1 aliphatic rings. The molecule has 76 valence electrons. The number of hydrogen-bond donors (Lipinski definition) is 0. The molecule has 0 N–H and O–H groups in total. The number of rotatable bonds is 2. The molecule has 0 spiro atoms. The van der Waals surface area contributed by atoms with Crippen molar-refractivity contribution >= 4 is 17.5 Å². The first-order valence-corrected chi connectivity index (χ1v) is 5.55. The van der Waals surface area contributed by atoms with Crippen molar-refractivity contribution in [1.29, 1.82) is 0 Å². The number of nitrogens with zero attached hydrogens (tertiary/aromatic N) is 1. The Morgan fingerprint density at radius 2 is 2.31 bits per heavy atom. The Bertz CT molecular complexity index is 184. The van der Waals surface area contributed by atoms with Gasteiger partial charge in [-0.1, -0.05) is 6.92 Å². The molecule has 1 rings (SSSR count). The summed E-state index contributed by atoms with van der Waals surface area (Å²) in [6.07, 6.45) is 4.22. The summed E-state index contributed by atoms with van der Waals surface area (Å²) in [7, 11) is 0. The van der Waals surface area contributed by atoms with E-state index in [1.165, 1.54) is 6.42 Å². The van der Waals surface area contributed by atoms with E-state index < -0.39 is 0 Å². The average molecular weight is 204 g/mol. The summed E-state index contributed by atoms with van der Waals surface area (Å²) in [5, 5.41) is -0.319. The predicted octanol–water partition coefficient (Wildman–Crippen LogP) is 2.40. The summed E-state index contributed by atoms with van der Waals surface area (Å²) in [5.74, 6) is 0.122. The van der Waals surface area contributed by atoms with Crippen molar-refractivity contribution in [2.24, 2.45) is 0 Å². The summed E-state index contributed by atoms with van der Waals surface area (Å²) in [6.45, 7) is 4.95. The molecule has 0 saturated carbocycles. The zero-order valence-corrected chi connectivity index (χ0v) is 9.18. The van der Waals surface area contributed by atoms with Gasteiger partial charge in [0.15, 0.2) is 0 Å². The molecule has 1 heterocycles. The highest BCUT2D eigenvalue weighted by atomic mass is 35.5. The number of hydrogen-bond acceptors (Lipinski definition) is 1. The molecule has 0 aromatic carbocycles. The summed E-state index contributed by atoms with van der Waals surface area (Å²) in [4.78, 5) is 13.7. The van der Waals surface area contributed by atoms with Crippen LogP contribution < -0.4 is 0 Å². The van der Waals surface area contributed by atoms with Crippen LogP contribution >= 0.6 is 11.6 Å². The van der Waals surface area contributed by atoms with Gasteiger partial charge in [-0.15, -0.1) is 11.6 Å². The fourth-order valence-electron chi connectivity index (χ4n) is 1.78. The van der Waals surface area contributed by atoms with Crippen molar-refractivity contribution in [1.82, 2.24) is 4.90 Å². The minimum absolute atomic E-state index is 0.122. The number of alkyl halides is 1. The second-order valence-corrected chi connectivity index (χ2v) is 4.28. The number of carbonyl (C=O) groups is 1. The zero-order valence-electron chi connectivity index (χ0n) is 8.42. The standard InChI is InChI=1S/C10H18ClNO/c1-3-9(11)10(13)12-7-5-4-6-8(12)2/h8-9H,3-7H2,1-2H3/t8-,9-/m0/s1. The number of carbonyl (C=O) groups excluding carboxylic acids is 1. The molecule has 2 nitrogen and oxygen atoms in total. The smallest absolute Gasteiger partial charge is 0.240 e. The van der Waals surface area contributed by atoms with E-state index in [9.17, 15) is 4.79 Å². The Kier molecular flexibility index (Phi) is 4.04. The number of piperidine rings is 1. The van der Waals surface area contributed by atoms with Gasteiger partial charge >= 0.3 is 0 Å². The van der Waals surface area contributed by atoms with E-state index in [1.807, 2.05) is 11.8 Å². The van der Waals surface area contributed by atoms with Crippen LogP contribution in [0.1, 0.15) is 39.5 Å². The first-order chi connectivity index (χ1) is 6.16. The molecule has 1 fully saturated rings. The Morgan fingerprint density at radius 3 is 2.85 bits per heavy atom. The average Bonchev–Trinajstić information content (AvgIpc) is 2.16. The van der Waals surface area contributed by atoms with Gasteiger partial charge in [0.25, 0.3) is 0 Å². The van der Waals surface area contributed by atoms with E-state index >= 15 is 0 Å². The highest BCUT2D eigenvalue weighted by molar-refractivity contribution is 6.30. The molecule has 1 aliphatic heterocycles. The first kappa shape index (κ1) is 10.8. The van der Waals surface area contributed by atoms with E-state index in [0.29, 0.717) is 6.04 Å². The molecule has 1 saturated heterocycles. The minimum atomic E-state index is -0.319. The van der Waals surface area contributed by atoms with Crippen molar-refractivity contribution in [2.75, 3.05) is 6.54 Å². The molecule has 0 aromatic rings. The van der Waals surface area contributed by atoms with Crippen molar-refractivity contribution < 1.29 is 4.79 Å². The number of likely N-dealkylation sites (tertiary alicyclic amines) is 1. The van der Waals surface area contributed by atoms with E-state index in [-0.39, 0.29) is 11.3 Å². The third-order valence-corrected chi connectivity index (χ3v) is 3.21. The maximum absolute atomic E-state index is 11.7. The predicted molar refractivity (Wildman–Crippen MR) is 55.0 cm³/mol. The van der Waals surface area contributed by atoms with Crippen LogP contribution in [0, 0.1) is 0 Å². The monoisotopic (exact) mass is 203 g/mol. The van der Waals surface area contributed by atoms with Crippen LogP contribution in [0.25, 0.3) is 0 Å². The largest absolute Gasteiger partial charge is 0.339 e. The van der Waals surface area contributed by atoms with Gasteiger partial charge in [-0.3, -0.25) is 4.79 Å². The lowest BCUT2D eigenvalue weighted by atomic mass is 10.0. The van der Waals surface area contributed by atoms with Crippen molar-refractivity contribution in [2.45, 2.75) is 50.9 Å². The van der Waals surface area contributed by atoms with Gasteiger partial charge in [0.1, 0.15) is 5.38 Å². The summed E-state index contributed by atoms with van der Waals surface area (Å²) >= 11 is 5.92. The lowest BCUT2D eigenvalue weighted by Crippen LogP contribution is -2.45. The SMILES string of the molecule is CC[C@H](Cl)C(=O)N1CCCC[C@@H]1C. The topological polar surface area (TPSA) is 20.3 Å². The Hall–Kier alpha value is -0.240. The molecule has 0 aliphatic carbocycles. The number of amides is 1. The van der Waals surface area contributed by atoms with Crippen LogP contribution in [-0.4, -0.2) is 28.8 Å². The number of halogens is 1. The molecule has 1 amide bonds. The van der Waals surface area contributed by atoms with Crippen LogP contribution in [0.3, 0.4) is 0 Å². The summed E-state index contributed by atoms with van der Waals surface area (Å²) < 4.78 is 0. The fraction of sp³-hybridized carbons (Fsp3) is 0.900. The van der Waals surface area contributed by atoms with Crippen molar-refractivity contribution in [3.8, 4) is 0 Å². The summed E-state index contributed by atoms with van der Waals surface area (Å²) in [5.41, 5.74) is 0. The third-order valence-electron chi connectivity index (χ3n) is 2.71. The van der Waals surface area contributed by atoms with Crippen LogP contribution in [0.5, 0.6) is 0 Å². The Balaban J connectivity index is 2.53. The van der Waals surface area contributed by atoms with Gasteiger partial charge in [0.2, 0.25) is 5.91 Å². The molecule has 3 heteroatoms. The molecular weight excluding hydrogens is 186 g/mol. The molecule has 0 radical (unpaired) electrons. The molecule has 0 unspecified atom stereocenters. The zero-order chi connectivity index (χ0) is 9.84. The Morgan fingerprint density at radius 1 is 1.62 bits per heavy atom. The van der Waals surface area contributed by atoms with Crippen molar-refractivity contribution in [3.05, 3.63) is 0 Å². The van der Waals surface area contributed by atoms with Gasteiger partial charge in [0, 0.05) is 12.6 Å². The van der Waals surface area contributed by atoms with Gasteiger partial charge in [-0.2, -0.15) is 0 Å². The Labute approximate surface area is 85.2 Å². The van der Waals surface area contributed by atoms with Gasteiger partial charge in [-0.05, 0) is 32.6 Å². The highest BCUT2D eigenvalue weighted by Gasteiger charge is 2.26. The molecule has 13 heavy (non-hydrogen) atoms. The second kappa shape index (κ2) is 4.85. The molecule has 0 bridgehead atoms. The molecule has 0 aromatic heterocycles. The lowest BCUT2D eigenvalue weighted by molar-refractivity contribution is -0.134. The quantitative estimate of drug-likeness (QED) is 0.632. The second-order valence-electron chi connectivity index (χ2n) is 3.75. The maximum atomic E-state index is 11.7. The van der Waals surface area contributed by atoms with Gasteiger partial charge in [-0.25, -0.2) is 0 Å². The van der Waals surface area contributed by atoms with Crippen LogP contribution in [0.15, 0.2) is 0 Å². The normalized spacial score (nSPS) is 25.8. The first-order valence-electron chi connectivity index (χ1n) is 5.11. The van der Waals surface area contributed by atoms with E-state index in [1.54, 1.807) is 0 Å². The van der Waals surface area contributed by atoms with Gasteiger partial charge < -0.3 is 4.90 Å². The third kappa shape index (κ3) is 2.60. The highest BCUT2D eigenvalue weighted by Crippen LogP contribution is 2.19. The lowest BCUT2D eigenvalue weighted by Gasteiger charge is -2.34. The van der Waals surface area contributed by atoms with Crippen LogP contribution in [-0.2, 0) is 4.79 Å². The summed E-state index contributed by atoms with van der Waals surface area (Å²) in [6, 6.07) is 0.383. The molecular formula is C10H18ClNO. The van der Waals surface area contributed by atoms with Gasteiger partial charge in [0.05, 0.1) is 0 Å². The van der Waals surface area contributed by atoms with E-state index in [4.69, 9.17) is 11.6 Å².